The van der Waals surface area contributed by atoms with Crippen molar-refractivity contribution in [3.05, 3.63) is 104 Å². The normalized spacial score (nSPS) is 10.9. The summed E-state index contributed by atoms with van der Waals surface area (Å²) in [5.74, 6) is 0. The first kappa shape index (κ1) is 17.2. The minimum absolute atomic E-state index is 0.579. The Bertz CT molecular complexity index is 793. The van der Waals surface area contributed by atoms with Gasteiger partial charge in [0.05, 0.1) is 0 Å². The van der Waals surface area contributed by atoms with Crippen LogP contribution in [0, 0.1) is 0 Å². The molecular formula is C23H21OP. The molecule has 0 heterocycles. The van der Waals surface area contributed by atoms with Crippen LogP contribution < -0.4 is 15.9 Å². The fourth-order valence-electron chi connectivity index (χ4n) is 3.31. The molecule has 2 heteroatoms. The Morgan fingerprint density at radius 1 is 0.720 bits per heavy atom. The van der Waals surface area contributed by atoms with Gasteiger partial charge in [0.2, 0.25) is 0 Å². The van der Waals surface area contributed by atoms with E-state index in [1.54, 1.807) is 0 Å². The fraction of sp³-hybridized carbons (Fsp3) is 0.0435. The number of aldehydes is 1. The molecule has 25 heavy (non-hydrogen) atoms. The standard InChI is InChI=1S/C23H21OP/c1-2-12-23(19-24)25(20-13-6-3-7-14-20,21-15-8-4-9-16-21)22-17-10-5-11-18-22/h2-11,13-19H,1,12H2. The number of hydrogen-bond donors (Lipinski definition) is 0. The molecule has 3 aromatic carbocycles. The van der Waals surface area contributed by atoms with E-state index >= 15 is 0 Å². The van der Waals surface area contributed by atoms with Gasteiger partial charge in [-0.05, 0) is 29.2 Å². The Morgan fingerprint density at radius 2 is 1.08 bits per heavy atom. The van der Waals surface area contributed by atoms with Crippen LogP contribution in [-0.4, -0.2) is 11.6 Å². The molecule has 0 fully saturated rings. The van der Waals surface area contributed by atoms with Crippen molar-refractivity contribution in [1.82, 2.24) is 0 Å². The summed E-state index contributed by atoms with van der Waals surface area (Å²) < 4.78 is 0. The molecule has 1 nitrogen and oxygen atoms in total. The first-order valence-electron chi connectivity index (χ1n) is 8.32. The second-order valence-electron chi connectivity index (χ2n) is 5.78. The first-order chi connectivity index (χ1) is 12.3. The Hall–Kier alpha value is -2.63. The lowest BCUT2D eigenvalue weighted by Crippen LogP contribution is -2.30. The van der Waals surface area contributed by atoms with Crippen molar-refractivity contribution in [3.8, 4) is 0 Å². The summed E-state index contributed by atoms with van der Waals surface area (Å²) in [7, 11) is 0. The molecule has 0 unspecified atom stereocenters. The molecule has 0 saturated heterocycles. The number of benzene rings is 3. The molecule has 0 aromatic heterocycles. The molecule has 3 aromatic rings. The van der Waals surface area contributed by atoms with Crippen molar-refractivity contribution in [1.29, 1.82) is 0 Å². The molecule has 0 aliphatic carbocycles. The Morgan fingerprint density at radius 3 is 1.36 bits per heavy atom. The van der Waals surface area contributed by atoms with Gasteiger partial charge in [0, 0.05) is 5.29 Å². The van der Waals surface area contributed by atoms with E-state index in [0.29, 0.717) is 6.42 Å². The van der Waals surface area contributed by atoms with Gasteiger partial charge in [0.1, 0.15) is 6.29 Å². The lowest BCUT2D eigenvalue weighted by molar-refractivity contribution is -0.102. The average molecular weight is 344 g/mol. The van der Waals surface area contributed by atoms with Crippen LogP contribution in [-0.2, 0) is 4.79 Å². The number of carbonyl (C=O) groups is 1. The molecule has 124 valence electrons. The predicted molar refractivity (Wildman–Crippen MR) is 111 cm³/mol. The molecule has 0 aliphatic heterocycles. The molecule has 0 aliphatic rings. The van der Waals surface area contributed by atoms with Crippen LogP contribution >= 0.6 is 6.89 Å². The molecule has 0 spiro atoms. The van der Waals surface area contributed by atoms with Crippen molar-refractivity contribution >= 4 is 34.4 Å². The molecule has 0 atom stereocenters. The SMILES string of the molecule is C=CCC(C=O)=P(c1ccccc1)(c1ccccc1)c1ccccc1. The van der Waals surface area contributed by atoms with Gasteiger partial charge in [-0.15, -0.1) is 6.58 Å². The Balaban J connectivity index is 2.54. The van der Waals surface area contributed by atoms with Crippen molar-refractivity contribution in [2.45, 2.75) is 6.42 Å². The maximum atomic E-state index is 12.2. The zero-order valence-electron chi connectivity index (χ0n) is 14.1. The summed E-state index contributed by atoms with van der Waals surface area (Å²) in [5.41, 5.74) is 0. The Kier molecular flexibility index (Phi) is 5.48. The number of hydrogen-bond acceptors (Lipinski definition) is 1. The zero-order valence-corrected chi connectivity index (χ0v) is 15.0. The van der Waals surface area contributed by atoms with Gasteiger partial charge in [-0.2, -0.15) is 0 Å². The highest BCUT2D eigenvalue weighted by Gasteiger charge is 2.28. The molecular weight excluding hydrogens is 323 g/mol. The molecule has 0 radical (unpaired) electrons. The van der Waals surface area contributed by atoms with Gasteiger partial charge in [-0.25, -0.2) is 0 Å². The van der Waals surface area contributed by atoms with E-state index in [9.17, 15) is 4.79 Å². The lowest BCUT2D eigenvalue weighted by atomic mass is 10.3. The summed E-state index contributed by atoms with van der Waals surface area (Å²) in [4.78, 5) is 12.2. The van der Waals surface area contributed by atoms with E-state index in [4.69, 9.17) is 0 Å². The molecule has 3 rings (SSSR count). The van der Waals surface area contributed by atoms with E-state index < -0.39 is 6.89 Å². The second kappa shape index (κ2) is 7.96. The smallest absolute Gasteiger partial charge is 0.147 e. The largest absolute Gasteiger partial charge is 0.298 e. The van der Waals surface area contributed by atoms with Gasteiger partial charge in [0.15, 0.2) is 0 Å². The van der Waals surface area contributed by atoms with Gasteiger partial charge < -0.3 is 0 Å². The van der Waals surface area contributed by atoms with Crippen molar-refractivity contribution < 1.29 is 4.79 Å². The number of allylic oxidation sites excluding steroid dienone is 1. The highest BCUT2D eigenvalue weighted by atomic mass is 31.2. The van der Waals surface area contributed by atoms with E-state index in [0.717, 1.165) is 11.6 Å². The fourth-order valence-corrected chi connectivity index (χ4v) is 7.62. The number of rotatable bonds is 6. The number of carbonyl (C=O) groups excluding carboxylic acids is 1. The quantitative estimate of drug-likeness (QED) is 0.376. The van der Waals surface area contributed by atoms with E-state index in [1.807, 2.05) is 60.7 Å². The van der Waals surface area contributed by atoms with Crippen LogP contribution in [0.3, 0.4) is 0 Å². The lowest BCUT2D eigenvalue weighted by Gasteiger charge is -2.31. The maximum absolute atomic E-state index is 12.2. The molecule has 0 N–H and O–H groups in total. The van der Waals surface area contributed by atoms with Crippen molar-refractivity contribution in [3.63, 3.8) is 0 Å². The van der Waals surface area contributed by atoms with Gasteiger partial charge in [-0.3, -0.25) is 4.79 Å². The minimum Gasteiger partial charge on any atom is -0.298 e. The third kappa shape index (κ3) is 3.16. The zero-order chi connectivity index (χ0) is 17.5. The van der Waals surface area contributed by atoms with Crippen molar-refractivity contribution in [2.75, 3.05) is 0 Å². The summed E-state index contributed by atoms with van der Waals surface area (Å²) in [5, 5.41) is 4.47. The highest BCUT2D eigenvalue weighted by Crippen LogP contribution is 2.46. The third-order valence-electron chi connectivity index (χ3n) is 4.35. The summed E-state index contributed by atoms with van der Waals surface area (Å²) in [6.45, 7) is 1.68. The van der Waals surface area contributed by atoms with Crippen LogP contribution in [0.5, 0.6) is 0 Å². The van der Waals surface area contributed by atoms with Gasteiger partial charge >= 0.3 is 0 Å². The second-order valence-corrected chi connectivity index (χ2v) is 9.24. The van der Waals surface area contributed by atoms with Crippen molar-refractivity contribution in [2.24, 2.45) is 0 Å². The molecule has 0 amide bonds. The molecule has 0 saturated carbocycles. The molecule has 0 bridgehead atoms. The highest BCUT2D eigenvalue weighted by molar-refractivity contribution is 7.96. The predicted octanol–water partition coefficient (Wildman–Crippen LogP) is 3.93. The minimum atomic E-state index is -2.20. The van der Waals surface area contributed by atoms with Crippen LogP contribution in [0.2, 0.25) is 0 Å². The summed E-state index contributed by atoms with van der Waals surface area (Å²) in [6.07, 6.45) is 3.45. The first-order valence-corrected chi connectivity index (χ1v) is 10.1. The Labute approximate surface area is 149 Å². The van der Waals surface area contributed by atoms with Gasteiger partial charge in [0.25, 0.3) is 0 Å². The van der Waals surface area contributed by atoms with E-state index in [1.165, 1.54) is 15.9 Å². The monoisotopic (exact) mass is 344 g/mol. The maximum Gasteiger partial charge on any atom is 0.147 e. The summed E-state index contributed by atoms with van der Waals surface area (Å²) in [6, 6.07) is 31.2. The topological polar surface area (TPSA) is 17.1 Å². The van der Waals surface area contributed by atoms with Crippen LogP contribution in [0.4, 0.5) is 0 Å². The third-order valence-corrected chi connectivity index (χ3v) is 8.72. The van der Waals surface area contributed by atoms with Gasteiger partial charge in [-0.1, -0.05) is 97.1 Å². The average Bonchev–Trinajstić information content (AvgIpc) is 2.70. The van der Waals surface area contributed by atoms with E-state index in [2.05, 4.69) is 43.0 Å². The van der Waals surface area contributed by atoms with E-state index in [-0.39, 0.29) is 0 Å². The van der Waals surface area contributed by atoms with Crippen LogP contribution in [0.25, 0.3) is 0 Å². The van der Waals surface area contributed by atoms with Crippen LogP contribution in [0.1, 0.15) is 6.42 Å². The van der Waals surface area contributed by atoms with Crippen LogP contribution in [0.15, 0.2) is 104 Å². The summed E-state index contributed by atoms with van der Waals surface area (Å²) >= 11 is 0.